The zero-order valence-electron chi connectivity index (χ0n) is 17.8. The highest BCUT2D eigenvalue weighted by atomic mass is 31.2. The SMILES string of the molecule is CO[C@H]1[C@@H](OP(=O)(O)OC(C)(C)C)[C@@H](n2ccc(=O)[nH]c2=O)C[C@@H]1/C=C/P(=O)(O)OC. The summed E-state index contributed by atoms with van der Waals surface area (Å²) in [4.78, 5) is 45.8. The molecule has 1 saturated carbocycles. The van der Waals surface area contributed by atoms with E-state index >= 15 is 0 Å². The number of hydrogen-bond acceptors (Lipinski definition) is 8. The molecule has 1 aliphatic rings. The summed E-state index contributed by atoms with van der Waals surface area (Å²) in [6.45, 7) is 4.71. The number of hydrogen-bond donors (Lipinski definition) is 3. The van der Waals surface area contributed by atoms with Gasteiger partial charge in [0, 0.05) is 38.2 Å². The number of nitrogens with one attached hydrogen (secondary N) is 1. The molecule has 0 spiro atoms. The highest BCUT2D eigenvalue weighted by molar-refractivity contribution is 7.56. The summed E-state index contributed by atoms with van der Waals surface area (Å²) >= 11 is 0. The van der Waals surface area contributed by atoms with Crippen molar-refractivity contribution in [2.75, 3.05) is 14.2 Å². The first-order chi connectivity index (χ1) is 14.2. The first-order valence-corrected chi connectivity index (χ1v) is 12.5. The summed E-state index contributed by atoms with van der Waals surface area (Å²) in [5.41, 5.74) is -2.36. The van der Waals surface area contributed by atoms with Crippen LogP contribution in [0.4, 0.5) is 0 Å². The lowest BCUT2D eigenvalue weighted by Gasteiger charge is -2.30. The minimum absolute atomic E-state index is 0.130. The molecule has 1 aromatic heterocycles. The van der Waals surface area contributed by atoms with Crippen LogP contribution in [0.15, 0.2) is 33.7 Å². The van der Waals surface area contributed by atoms with E-state index in [1.165, 1.54) is 19.4 Å². The normalized spacial score (nSPS) is 28.5. The fraction of sp³-hybridized carbons (Fsp3) is 0.647. The number of ether oxygens (including phenoxy) is 1. The Labute approximate surface area is 179 Å². The van der Waals surface area contributed by atoms with Crippen LogP contribution in [0.3, 0.4) is 0 Å². The van der Waals surface area contributed by atoms with Gasteiger partial charge in [-0.05, 0) is 27.2 Å². The molecule has 1 aliphatic carbocycles. The standard InChI is InChI=1S/C17H28N2O10P2/c1-17(2,3)29-31(24,25)28-15-12(19-8-6-13(20)18-16(19)21)10-11(14(15)26-4)7-9-30(22,23)27-5/h6-9,11-12,14-15H,10H2,1-5H3,(H,22,23)(H,24,25)(H,18,20,21)/b9-7+/t11-,12-,14+,15-/m0/s1. The molecule has 14 heteroatoms. The minimum Gasteiger partial charge on any atom is -0.378 e. The van der Waals surface area contributed by atoms with Crippen LogP contribution in [0.1, 0.15) is 33.2 Å². The molecule has 176 valence electrons. The molecule has 0 radical (unpaired) electrons. The molecule has 12 nitrogen and oxygen atoms in total. The average molecular weight is 482 g/mol. The van der Waals surface area contributed by atoms with Gasteiger partial charge < -0.3 is 19.0 Å². The van der Waals surface area contributed by atoms with E-state index in [0.29, 0.717) is 0 Å². The zero-order valence-corrected chi connectivity index (χ0v) is 19.6. The summed E-state index contributed by atoms with van der Waals surface area (Å²) in [5, 5.41) is 0. The number of rotatable bonds is 8. The molecule has 0 amide bonds. The van der Waals surface area contributed by atoms with Crippen LogP contribution in [-0.2, 0) is 27.4 Å². The molecule has 6 atom stereocenters. The molecule has 31 heavy (non-hydrogen) atoms. The first-order valence-electron chi connectivity index (χ1n) is 9.32. The van der Waals surface area contributed by atoms with Crippen LogP contribution < -0.4 is 11.2 Å². The third-order valence-corrected chi connectivity index (χ3v) is 6.91. The Morgan fingerprint density at radius 2 is 1.84 bits per heavy atom. The molecule has 0 aromatic carbocycles. The Morgan fingerprint density at radius 3 is 2.35 bits per heavy atom. The van der Waals surface area contributed by atoms with E-state index in [-0.39, 0.29) is 6.42 Å². The van der Waals surface area contributed by atoms with Gasteiger partial charge in [0.05, 0.1) is 17.7 Å². The summed E-state index contributed by atoms with van der Waals surface area (Å²) in [6, 6.07) is 0.272. The van der Waals surface area contributed by atoms with E-state index in [4.69, 9.17) is 13.8 Å². The Kier molecular flexibility index (Phi) is 8.05. The van der Waals surface area contributed by atoms with Crippen LogP contribution in [0, 0.1) is 5.92 Å². The van der Waals surface area contributed by atoms with Crippen molar-refractivity contribution in [1.29, 1.82) is 0 Å². The molecule has 2 rings (SSSR count). The van der Waals surface area contributed by atoms with Crippen LogP contribution in [0.25, 0.3) is 0 Å². The number of aromatic amines is 1. The predicted molar refractivity (Wildman–Crippen MR) is 111 cm³/mol. The van der Waals surface area contributed by atoms with Gasteiger partial charge in [-0.1, -0.05) is 6.08 Å². The molecule has 2 unspecified atom stereocenters. The Bertz CT molecular complexity index is 1010. The Morgan fingerprint density at radius 1 is 1.19 bits per heavy atom. The maximum Gasteiger partial charge on any atom is 0.473 e. The monoisotopic (exact) mass is 482 g/mol. The first kappa shape index (κ1) is 25.9. The molecule has 1 fully saturated rings. The quantitative estimate of drug-likeness (QED) is 0.465. The summed E-state index contributed by atoms with van der Waals surface area (Å²) in [7, 11) is -6.17. The number of phosphoric ester groups is 1. The third-order valence-electron chi connectivity index (χ3n) is 4.55. The van der Waals surface area contributed by atoms with Gasteiger partial charge in [-0.25, -0.2) is 9.36 Å². The van der Waals surface area contributed by atoms with Crippen molar-refractivity contribution in [2.24, 2.45) is 5.92 Å². The number of aromatic nitrogens is 2. The maximum absolute atomic E-state index is 12.6. The lowest BCUT2D eigenvalue weighted by Crippen LogP contribution is -2.39. The van der Waals surface area contributed by atoms with Gasteiger partial charge in [0.1, 0.15) is 6.10 Å². The molecule has 0 bridgehead atoms. The van der Waals surface area contributed by atoms with Crippen molar-refractivity contribution in [3.05, 3.63) is 45.0 Å². The average Bonchev–Trinajstić information content (AvgIpc) is 2.94. The van der Waals surface area contributed by atoms with Crippen molar-refractivity contribution >= 4 is 15.4 Å². The highest BCUT2D eigenvalue weighted by Gasteiger charge is 2.49. The fourth-order valence-electron chi connectivity index (χ4n) is 3.40. The number of H-pyrrole nitrogens is 1. The van der Waals surface area contributed by atoms with Crippen LogP contribution >= 0.6 is 15.4 Å². The van der Waals surface area contributed by atoms with Crippen LogP contribution in [0.5, 0.6) is 0 Å². The van der Waals surface area contributed by atoms with Crippen molar-refractivity contribution in [2.45, 2.75) is 51.0 Å². The van der Waals surface area contributed by atoms with Gasteiger partial charge in [0.2, 0.25) is 0 Å². The van der Waals surface area contributed by atoms with E-state index in [2.05, 4.69) is 9.51 Å². The lowest BCUT2D eigenvalue weighted by molar-refractivity contribution is -0.0326. The second-order valence-electron chi connectivity index (χ2n) is 8.02. The van der Waals surface area contributed by atoms with E-state index in [9.17, 15) is 28.5 Å². The smallest absolute Gasteiger partial charge is 0.378 e. The van der Waals surface area contributed by atoms with Crippen LogP contribution in [-0.4, -0.2) is 51.4 Å². The van der Waals surface area contributed by atoms with Crippen molar-refractivity contribution in [3.8, 4) is 0 Å². The number of methoxy groups -OCH3 is 1. The molecular formula is C17H28N2O10P2. The highest BCUT2D eigenvalue weighted by Crippen LogP contribution is 2.53. The maximum atomic E-state index is 12.6. The van der Waals surface area contributed by atoms with Crippen LogP contribution in [0.2, 0.25) is 0 Å². The summed E-state index contributed by atoms with van der Waals surface area (Å²) in [5.74, 6) is 0.382. The molecule has 1 heterocycles. The molecular weight excluding hydrogens is 454 g/mol. The molecule has 3 N–H and O–H groups in total. The fourth-order valence-corrected chi connectivity index (χ4v) is 5.26. The summed E-state index contributed by atoms with van der Waals surface area (Å²) in [6.07, 6.45) is 0.687. The van der Waals surface area contributed by atoms with Crippen molar-refractivity contribution in [1.82, 2.24) is 9.55 Å². The second kappa shape index (κ2) is 9.64. The van der Waals surface area contributed by atoms with E-state index in [1.807, 2.05) is 0 Å². The predicted octanol–water partition coefficient (Wildman–Crippen LogP) is 1.76. The minimum atomic E-state index is -4.60. The van der Waals surface area contributed by atoms with E-state index < -0.39 is 56.4 Å². The number of nitrogens with zero attached hydrogens (tertiary/aromatic N) is 1. The second-order valence-corrected chi connectivity index (χ2v) is 11.1. The van der Waals surface area contributed by atoms with E-state index in [0.717, 1.165) is 23.6 Å². The van der Waals surface area contributed by atoms with Gasteiger partial charge in [0.15, 0.2) is 0 Å². The number of phosphoric acid groups is 1. The van der Waals surface area contributed by atoms with E-state index in [1.54, 1.807) is 20.8 Å². The van der Waals surface area contributed by atoms with Gasteiger partial charge in [-0.2, -0.15) is 0 Å². The van der Waals surface area contributed by atoms with Gasteiger partial charge in [-0.15, -0.1) is 0 Å². The molecule has 1 aromatic rings. The van der Waals surface area contributed by atoms with Crippen molar-refractivity contribution in [3.63, 3.8) is 0 Å². The Hall–Kier alpha value is -1.36. The largest absolute Gasteiger partial charge is 0.473 e. The third kappa shape index (κ3) is 7.06. The topological polar surface area (TPSA) is 166 Å². The molecule has 0 saturated heterocycles. The van der Waals surface area contributed by atoms with Gasteiger partial charge in [0.25, 0.3) is 5.56 Å². The lowest BCUT2D eigenvalue weighted by atomic mass is 10.1. The van der Waals surface area contributed by atoms with Gasteiger partial charge >= 0.3 is 21.1 Å². The van der Waals surface area contributed by atoms with Gasteiger partial charge in [-0.3, -0.25) is 28.0 Å². The Balaban J connectivity index is 2.48. The summed E-state index contributed by atoms with van der Waals surface area (Å²) < 4.78 is 46.2. The molecule has 0 aliphatic heterocycles. The zero-order chi connectivity index (χ0) is 23.6. The van der Waals surface area contributed by atoms with Crippen molar-refractivity contribution < 1.29 is 37.2 Å².